The second-order valence-corrected chi connectivity index (χ2v) is 4.29. The predicted octanol–water partition coefficient (Wildman–Crippen LogP) is 3.67. The third-order valence-corrected chi connectivity index (χ3v) is 3.18. The summed E-state index contributed by atoms with van der Waals surface area (Å²) in [4.78, 5) is 0. The van der Waals surface area contributed by atoms with Crippen molar-refractivity contribution >= 4 is 0 Å². The van der Waals surface area contributed by atoms with E-state index < -0.39 is 0 Å². The predicted molar refractivity (Wildman–Crippen MR) is 71.0 cm³/mol. The smallest absolute Gasteiger partial charge is 0.125 e. The van der Waals surface area contributed by atoms with Gasteiger partial charge in [0.2, 0.25) is 0 Å². The fourth-order valence-electron chi connectivity index (χ4n) is 2.00. The van der Waals surface area contributed by atoms with E-state index in [4.69, 9.17) is 4.42 Å². The summed E-state index contributed by atoms with van der Waals surface area (Å²) in [5.41, 5.74) is 5.11. The Kier molecular flexibility index (Phi) is 3.64. The van der Waals surface area contributed by atoms with Crippen molar-refractivity contribution < 1.29 is 4.42 Å². The van der Waals surface area contributed by atoms with Crippen molar-refractivity contribution in [2.45, 2.75) is 27.3 Å². The first kappa shape index (κ1) is 11.9. The lowest BCUT2D eigenvalue weighted by molar-refractivity contribution is 0.489. The first-order valence-electron chi connectivity index (χ1n) is 6.07. The summed E-state index contributed by atoms with van der Waals surface area (Å²) >= 11 is 0. The Morgan fingerprint density at radius 2 is 1.94 bits per heavy atom. The summed E-state index contributed by atoms with van der Waals surface area (Å²) in [6.07, 6.45) is 1.77. The molecule has 0 atom stereocenters. The molecule has 2 nitrogen and oxygen atoms in total. The molecule has 0 fully saturated rings. The summed E-state index contributed by atoms with van der Waals surface area (Å²) in [5.74, 6) is 1.01. The van der Waals surface area contributed by atoms with Crippen LogP contribution in [0.15, 0.2) is 34.9 Å². The molecule has 90 valence electrons. The van der Waals surface area contributed by atoms with Gasteiger partial charge in [-0.05, 0) is 43.1 Å². The van der Waals surface area contributed by atoms with E-state index in [2.05, 4.69) is 50.4 Å². The molecule has 1 N–H and O–H groups in total. The highest BCUT2D eigenvalue weighted by molar-refractivity contribution is 5.70. The highest BCUT2D eigenvalue weighted by atomic mass is 16.3. The van der Waals surface area contributed by atoms with Crippen LogP contribution in [0.3, 0.4) is 0 Å². The van der Waals surface area contributed by atoms with Crippen LogP contribution in [0.2, 0.25) is 0 Å². The van der Waals surface area contributed by atoms with E-state index in [1.807, 2.05) is 0 Å². The Hall–Kier alpha value is -1.54. The van der Waals surface area contributed by atoms with Crippen LogP contribution in [0.25, 0.3) is 11.1 Å². The number of hydrogen-bond acceptors (Lipinski definition) is 2. The molecule has 2 heteroatoms. The Labute approximate surface area is 103 Å². The van der Waals surface area contributed by atoms with Gasteiger partial charge in [0.25, 0.3) is 0 Å². The number of benzene rings is 1. The number of aryl methyl sites for hydroxylation is 1. The van der Waals surface area contributed by atoms with E-state index in [9.17, 15) is 0 Å². The van der Waals surface area contributed by atoms with Crippen LogP contribution in [0.1, 0.15) is 23.8 Å². The minimum Gasteiger partial charge on any atom is -0.467 e. The van der Waals surface area contributed by atoms with Crippen LogP contribution in [-0.4, -0.2) is 6.54 Å². The normalized spacial score (nSPS) is 10.8. The first-order valence-corrected chi connectivity index (χ1v) is 6.07. The molecule has 0 aliphatic carbocycles. The molecule has 0 bridgehead atoms. The molecule has 1 aromatic carbocycles. The third-order valence-electron chi connectivity index (χ3n) is 3.18. The summed E-state index contributed by atoms with van der Waals surface area (Å²) in [6, 6.07) is 8.45. The summed E-state index contributed by atoms with van der Waals surface area (Å²) in [6.45, 7) is 8.14. The molecule has 0 saturated heterocycles. The monoisotopic (exact) mass is 229 g/mol. The van der Waals surface area contributed by atoms with Crippen LogP contribution in [0.4, 0.5) is 0 Å². The first-order chi connectivity index (χ1) is 8.24. The van der Waals surface area contributed by atoms with Crippen molar-refractivity contribution in [3.05, 3.63) is 47.4 Å². The second kappa shape index (κ2) is 5.19. The fraction of sp³-hybridized carbons (Fsp3) is 0.333. The summed E-state index contributed by atoms with van der Waals surface area (Å²) in [5, 5.41) is 3.30. The molecule has 1 aromatic heterocycles. The van der Waals surface area contributed by atoms with Crippen LogP contribution < -0.4 is 5.32 Å². The van der Waals surface area contributed by atoms with Crippen molar-refractivity contribution in [2.24, 2.45) is 0 Å². The van der Waals surface area contributed by atoms with Gasteiger partial charge in [0.05, 0.1) is 12.8 Å². The van der Waals surface area contributed by atoms with E-state index in [1.54, 1.807) is 6.26 Å². The number of furan rings is 1. The molecule has 0 spiro atoms. The van der Waals surface area contributed by atoms with Gasteiger partial charge < -0.3 is 9.73 Å². The zero-order chi connectivity index (χ0) is 12.3. The molecule has 17 heavy (non-hydrogen) atoms. The van der Waals surface area contributed by atoms with E-state index in [0.717, 1.165) is 18.8 Å². The maximum Gasteiger partial charge on any atom is 0.125 e. The molecular formula is C15H19NO. The molecule has 1 heterocycles. The Morgan fingerprint density at radius 3 is 2.71 bits per heavy atom. The van der Waals surface area contributed by atoms with Gasteiger partial charge in [-0.15, -0.1) is 0 Å². The van der Waals surface area contributed by atoms with Crippen LogP contribution in [0, 0.1) is 13.8 Å². The minimum atomic E-state index is 0.784. The van der Waals surface area contributed by atoms with Gasteiger partial charge in [-0.3, -0.25) is 0 Å². The fourth-order valence-corrected chi connectivity index (χ4v) is 2.00. The molecule has 0 aliphatic heterocycles. The second-order valence-electron chi connectivity index (χ2n) is 4.29. The van der Waals surface area contributed by atoms with Gasteiger partial charge in [0, 0.05) is 5.56 Å². The van der Waals surface area contributed by atoms with Crippen molar-refractivity contribution in [1.82, 2.24) is 5.32 Å². The Balaban J connectivity index is 2.39. The van der Waals surface area contributed by atoms with Crippen molar-refractivity contribution in [2.75, 3.05) is 6.54 Å². The Bertz CT molecular complexity index is 499. The average Bonchev–Trinajstić information content (AvgIpc) is 2.78. The van der Waals surface area contributed by atoms with Crippen molar-refractivity contribution in [1.29, 1.82) is 0 Å². The number of hydrogen-bond donors (Lipinski definition) is 1. The highest BCUT2D eigenvalue weighted by Gasteiger charge is 2.10. The molecule has 0 amide bonds. The topological polar surface area (TPSA) is 25.2 Å². The number of nitrogens with one attached hydrogen (secondary N) is 1. The average molecular weight is 229 g/mol. The standard InChI is InChI=1S/C15H19NO/c1-4-16-10-15-14(8-9-17-15)13-7-5-6-11(2)12(13)3/h5-9,16H,4,10H2,1-3H3. The van der Waals surface area contributed by atoms with Gasteiger partial charge in [0.15, 0.2) is 0 Å². The van der Waals surface area contributed by atoms with E-state index >= 15 is 0 Å². The largest absolute Gasteiger partial charge is 0.467 e. The van der Waals surface area contributed by atoms with Crippen molar-refractivity contribution in [3.8, 4) is 11.1 Å². The van der Waals surface area contributed by atoms with Gasteiger partial charge in [-0.1, -0.05) is 25.1 Å². The number of rotatable bonds is 4. The summed E-state index contributed by atoms with van der Waals surface area (Å²) in [7, 11) is 0. The molecule has 0 radical (unpaired) electrons. The van der Waals surface area contributed by atoms with Crippen LogP contribution in [0.5, 0.6) is 0 Å². The van der Waals surface area contributed by atoms with Crippen LogP contribution >= 0.6 is 0 Å². The molecule has 2 aromatic rings. The van der Waals surface area contributed by atoms with Gasteiger partial charge in [0.1, 0.15) is 5.76 Å². The van der Waals surface area contributed by atoms with Gasteiger partial charge >= 0.3 is 0 Å². The summed E-state index contributed by atoms with van der Waals surface area (Å²) < 4.78 is 5.55. The minimum absolute atomic E-state index is 0.784. The SMILES string of the molecule is CCNCc1occc1-c1cccc(C)c1C. The molecule has 0 aliphatic rings. The van der Waals surface area contributed by atoms with E-state index in [-0.39, 0.29) is 0 Å². The molecule has 0 unspecified atom stereocenters. The lowest BCUT2D eigenvalue weighted by Crippen LogP contribution is -2.11. The Morgan fingerprint density at radius 1 is 1.12 bits per heavy atom. The van der Waals surface area contributed by atoms with Crippen molar-refractivity contribution in [3.63, 3.8) is 0 Å². The zero-order valence-electron chi connectivity index (χ0n) is 10.7. The third kappa shape index (κ3) is 2.42. The van der Waals surface area contributed by atoms with Crippen LogP contribution in [-0.2, 0) is 6.54 Å². The van der Waals surface area contributed by atoms with E-state index in [1.165, 1.54) is 22.3 Å². The van der Waals surface area contributed by atoms with Gasteiger partial charge in [-0.25, -0.2) is 0 Å². The van der Waals surface area contributed by atoms with E-state index in [0.29, 0.717) is 0 Å². The maximum absolute atomic E-state index is 5.55. The van der Waals surface area contributed by atoms with Gasteiger partial charge in [-0.2, -0.15) is 0 Å². The zero-order valence-corrected chi connectivity index (χ0v) is 10.7. The highest BCUT2D eigenvalue weighted by Crippen LogP contribution is 2.29. The molecule has 2 rings (SSSR count). The lowest BCUT2D eigenvalue weighted by atomic mass is 9.97. The lowest BCUT2D eigenvalue weighted by Gasteiger charge is -2.09. The molecule has 0 saturated carbocycles. The molecular weight excluding hydrogens is 210 g/mol. The maximum atomic E-state index is 5.55. The quantitative estimate of drug-likeness (QED) is 0.865.